The lowest BCUT2D eigenvalue weighted by Crippen LogP contribution is -2.22. The van der Waals surface area contributed by atoms with Crippen LogP contribution in [0.15, 0.2) is 47.1 Å². The fourth-order valence-electron chi connectivity index (χ4n) is 2.99. The maximum Gasteiger partial charge on any atom is 0.469 e. The van der Waals surface area contributed by atoms with Crippen LogP contribution in [0.1, 0.15) is 37.2 Å². The summed E-state index contributed by atoms with van der Waals surface area (Å²) in [5.74, 6) is 1.47. The normalized spacial score (nSPS) is 13.2. The van der Waals surface area contributed by atoms with Gasteiger partial charge in [0.05, 0.1) is 24.8 Å². The Morgan fingerprint density at radius 1 is 1.28 bits per heavy atom. The second-order valence-electron chi connectivity index (χ2n) is 7.47. The highest BCUT2D eigenvalue weighted by Gasteiger charge is 2.16. The Hall–Kier alpha value is -2.86. The molecule has 1 aromatic carbocycles. The van der Waals surface area contributed by atoms with E-state index in [4.69, 9.17) is 20.3 Å². The largest absolute Gasteiger partial charge is 0.494 e. The number of nitrogens with two attached hydrogens (primary N) is 1. The third-order valence-corrected chi connectivity index (χ3v) is 6.51. The summed E-state index contributed by atoms with van der Waals surface area (Å²) >= 11 is 0.328. The molecule has 0 spiro atoms. The number of ether oxygens (including phenoxy) is 1. The van der Waals surface area contributed by atoms with Crippen molar-refractivity contribution in [3.63, 3.8) is 0 Å². The number of anilines is 1. The number of aliphatic hydroxyl groups excluding tert-OH is 1. The van der Waals surface area contributed by atoms with Crippen LogP contribution in [0.2, 0.25) is 0 Å². The van der Waals surface area contributed by atoms with Crippen molar-refractivity contribution in [3.8, 4) is 5.75 Å². The molecule has 1 amide bonds. The Morgan fingerprint density at radius 2 is 1.97 bits per heavy atom. The van der Waals surface area contributed by atoms with Crippen LogP contribution in [0.25, 0.3) is 6.08 Å². The molecular formula is C23H31N4O7PS. The van der Waals surface area contributed by atoms with Crippen LogP contribution in [0.3, 0.4) is 0 Å². The maximum atomic E-state index is 11.9. The highest BCUT2D eigenvalue weighted by Crippen LogP contribution is 2.36. The Labute approximate surface area is 213 Å². The third kappa shape index (κ3) is 10.0. The number of aliphatic hydroxyl groups is 1. The highest BCUT2D eigenvalue weighted by atomic mass is 32.1. The average Bonchev–Trinajstić information content (AvgIpc) is 2.81. The lowest BCUT2D eigenvalue weighted by atomic mass is 10.2. The molecule has 5 N–H and O–H groups in total. The predicted molar refractivity (Wildman–Crippen MR) is 141 cm³/mol. The summed E-state index contributed by atoms with van der Waals surface area (Å²) in [5, 5.41) is 10.5. The topological polar surface area (TPSA) is 168 Å². The van der Waals surface area contributed by atoms with E-state index in [-0.39, 0.29) is 30.4 Å². The number of phosphoric ester groups is 1. The van der Waals surface area contributed by atoms with Crippen molar-refractivity contribution >= 4 is 42.5 Å². The lowest BCUT2D eigenvalue weighted by Gasteiger charge is -2.21. The number of carbonyl (C=O) groups excluding carboxylic acids is 1. The van der Waals surface area contributed by atoms with Crippen molar-refractivity contribution in [2.75, 3.05) is 18.9 Å². The molecular weight excluding hydrogens is 507 g/mol. The lowest BCUT2D eigenvalue weighted by molar-refractivity contribution is -0.116. The molecule has 0 atom stereocenters. The molecule has 2 aromatic rings. The van der Waals surface area contributed by atoms with Gasteiger partial charge in [-0.05, 0) is 44.5 Å². The van der Waals surface area contributed by atoms with Gasteiger partial charge < -0.3 is 30.3 Å². The van der Waals surface area contributed by atoms with Crippen molar-refractivity contribution < 1.29 is 33.5 Å². The zero-order chi connectivity index (χ0) is 26.7. The van der Waals surface area contributed by atoms with E-state index in [0.717, 1.165) is 11.3 Å². The first-order chi connectivity index (χ1) is 17.0. The van der Waals surface area contributed by atoms with E-state index in [2.05, 4.69) is 14.5 Å². The first-order valence-corrected chi connectivity index (χ1v) is 13.3. The molecule has 0 fully saturated rings. The van der Waals surface area contributed by atoms with Crippen molar-refractivity contribution in [1.29, 1.82) is 0 Å². The van der Waals surface area contributed by atoms with Gasteiger partial charge in [0.2, 0.25) is 6.41 Å². The number of benzene rings is 1. The Morgan fingerprint density at radius 3 is 2.56 bits per heavy atom. The van der Waals surface area contributed by atoms with Crippen LogP contribution in [0, 0.1) is 6.92 Å². The van der Waals surface area contributed by atoms with Gasteiger partial charge in [0.25, 0.3) is 0 Å². The van der Waals surface area contributed by atoms with Gasteiger partial charge in [-0.15, -0.1) is 11.4 Å². The first kappa shape index (κ1) is 29.4. The van der Waals surface area contributed by atoms with Crippen molar-refractivity contribution in [3.05, 3.63) is 64.1 Å². The average molecular weight is 539 g/mol. The van der Waals surface area contributed by atoms with E-state index in [1.807, 2.05) is 31.2 Å². The summed E-state index contributed by atoms with van der Waals surface area (Å²) in [6, 6.07) is 7.30. The van der Waals surface area contributed by atoms with Gasteiger partial charge in [-0.2, -0.15) is 0 Å². The fourth-order valence-corrected chi connectivity index (χ4v) is 4.23. The molecule has 1 aromatic heterocycles. The number of carbonyl (C=O) groups is 1. The van der Waals surface area contributed by atoms with Gasteiger partial charge in [-0.1, -0.05) is 18.2 Å². The molecule has 2 rings (SSSR count). The summed E-state index contributed by atoms with van der Waals surface area (Å²) in [7, 11) is -4.68. The number of hydrogen-bond donors (Lipinski definition) is 5. The molecule has 0 radical (unpaired) electrons. The van der Waals surface area contributed by atoms with E-state index >= 15 is 0 Å². The second kappa shape index (κ2) is 14.0. The Kier molecular flexibility index (Phi) is 11.4. The standard InChI is InChI=1S/C23H31N4O7PS/c1-4-33-20-8-5-18(6-9-20)7-10-22(29)36-21(11-12-34-35(30,31)32)16(2)27(15-28)14-19-13-25-17(3)26-23(19)24/h5-10,13,15,29,36H,4,11-12,14H2,1-3H3,(H2,24,25,26)(H2,30,31,32)/b10-7+,21-16-. The van der Waals surface area contributed by atoms with Gasteiger partial charge in [-0.3, -0.25) is 9.32 Å². The number of thiol groups is 1. The van der Waals surface area contributed by atoms with Gasteiger partial charge in [0.15, 0.2) is 0 Å². The molecule has 11 nitrogen and oxygen atoms in total. The van der Waals surface area contributed by atoms with Crippen LogP contribution < -0.4 is 10.5 Å². The molecule has 0 saturated carbocycles. The molecule has 0 aliphatic heterocycles. The van der Waals surface area contributed by atoms with Crippen molar-refractivity contribution in [2.24, 2.45) is 0 Å². The quantitative estimate of drug-likeness (QED) is 0.0838. The Bertz CT molecular complexity index is 1180. The van der Waals surface area contributed by atoms with Crippen LogP contribution in [0.5, 0.6) is 5.75 Å². The SMILES string of the molecule is CCOc1ccc(/C=C/C(O)=[SH]\C(CCOP(=O)(O)O)=C(\C)N(C=O)Cc2cnc(C)nc2N)cc1. The summed E-state index contributed by atoms with van der Waals surface area (Å²) < 4.78 is 21.1. The summed E-state index contributed by atoms with van der Waals surface area (Å²) in [5.41, 5.74) is 7.77. The van der Waals surface area contributed by atoms with Gasteiger partial charge in [0, 0.05) is 28.8 Å². The number of rotatable bonds is 13. The molecule has 0 aliphatic rings. The van der Waals surface area contributed by atoms with E-state index in [1.165, 1.54) is 17.2 Å². The van der Waals surface area contributed by atoms with Gasteiger partial charge in [0.1, 0.15) is 17.4 Å². The van der Waals surface area contributed by atoms with Crippen LogP contribution >= 0.6 is 19.2 Å². The molecule has 196 valence electrons. The number of aryl methyl sites for hydroxylation is 1. The zero-order valence-corrected chi connectivity index (χ0v) is 22.0. The molecule has 1 heterocycles. The zero-order valence-electron chi connectivity index (χ0n) is 20.2. The molecule has 0 saturated heterocycles. The minimum atomic E-state index is -4.68. The molecule has 0 aliphatic carbocycles. The Balaban J connectivity index is 2.31. The molecule has 0 bridgehead atoms. The number of nitrogens with zero attached hydrogens (tertiary/aromatic N) is 3. The summed E-state index contributed by atoms with van der Waals surface area (Å²) in [4.78, 5) is 40.0. The van der Waals surface area contributed by atoms with Crippen molar-refractivity contribution in [2.45, 2.75) is 33.7 Å². The maximum absolute atomic E-state index is 11.9. The smallest absolute Gasteiger partial charge is 0.469 e. The highest BCUT2D eigenvalue weighted by molar-refractivity contribution is 8.02. The van der Waals surface area contributed by atoms with Gasteiger partial charge >= 0.3 is 7.82 Å². The summed E-state index contributed by atoms with van der Waals surface area (Å²) in [6.07, 6.45) is 5.38. The van der Waals surface area contributed by atoms with E-state index in [9.17, 15) is 14.5 Å². The third-order valence-electron chi connectivity index (χ3n) is 4.80. The van der Waals surface area contributed by atoms with E-state index in [1.54, 1.807) is 19.9 Å². The van der Waals surface area contributed by atoms with Crippen molar-refractivity contribution in [1.82, 2.24) is 14.9 Å². The van der Waals surface area contributed by atoms with Crippen LogP contribution in [-0.2, 0) is 20.4 Å². The second-order valence-corrected chi connectivity index (χ2v) is 9.93. The molecule has 0 unspecified atom stereocenters. The van der Waals surface area contributed by atoms with E-state index < -0.39 is 7.82 Å². The van der Waals surface area contributed by atoms with Crippen LogP contribution in [-0.4, -0.2) is 54.4 Å². The monoisotopic (exact) mass is 538 g/mol. The minimum absolute atomic E-state index is 0.0431. The number of phosphoric acid groups is 1. The number of aromatic nitrogens is 2. The van der Waals surface area contributed by atoms with E-state index in [0.29, 0.717) is 46.4 Å². The number of hydrogen-bond acceptors (Lipinski definition) is 7. The molecule has 36 heavy (non-hydrogen) atoms. The first-order valence-electron chi connectivity index (χ1n) is 10.9. The fraction of sp³-hybridized carbons (Fsp3) is 0.304. The van der Waals surface area contributed by atoms with Crippen LogP contribution in [0.4, 0.5) is 5.82 Å². The minimum Gasteiger partial charge on any atom is -0.494 e. The predicted octanol–water partition coefficient (Wildman–Crippen LogP) is 3.32. The number of allylic oxidation sites excluding steroid dienone is 1. The molecule has 13 heteroatoms. The number of nitrogen functional groups attached to an aromatic ring is 1. The summed E-state index contributed by atoms with van der Waals surface area (Å²) in [6.45, 7) is 5.56. The van der Waals surface area contributed by atoms with Gasteiger partial charge in [-0.25, -0.2) is 14.5 Å². The number of amides is 1.